The lowest BCUT2D eigenvalue weighted by atomic mass is 9.77. The van der Waals surface area contributed by atoms with Crippen molar-refractivity contribution < 1.29 is 0 Å². The zero-order chi connectivity index (χ0) is 12.1. The molecule has 0 aromatic rings. The Kier molecular flexibility index (Phi) is 6.51. The van der Waals surface area contributed by atoms with Gasteiger partial charge in [0.15, 0.2) is 0 Å². The van der Waals surface area contributed by atoms with Crippen LogP contribution in [0.2, 0.25) is 0 Å². The first-order valence-electron chi connectivity index (χ1n) is 6.50. The smallest absolute Gasteiger partial charge is 0.00721 e. The van der Waals surface area contributed by atoms with Crippen molar-refractivity contribution in [1.29, 1.82) is 0 Å². The van der Waals surface area contributed by atoms with E-state index in [9.17, 15) is 0 Å². The summed E-state index contributed by atoms with van der Waals surface area (Å²) in [6.45, 7) is 17.3. The molecule has 2 atom stereocenters. The van der Waals surface area contributed by atoms with E-state index in [1.54, 1.807) is 0 Å². The molecular weight excluding hydrogens is 182 g/mol. The van der Waals surface area contributed by atoms with Crippen LogP contribution in [0.3, 0.4) is 0 Å². The average Bonchev–Trinajstić information content (AvgIpc) is 2.01. The molecule has 1 N–H and O–H groups in total. The maximum absolute atomic E-state index is 3.62. The van der Waals surface area contributed by atoms with Gasteiger partial charge in [-0.1, -0.05) is 48.5 Å². The van der Waals surface area contributed by atoms with Crippen LogP contribution in [0.1, 0.15) is 61.3 Å². The van der Waals surface area contributed by atoms with Gasteiger partial charge in [-0.05, 0) is 36.6 Å². The molecule has 0 spiro atoms. The molecule has 15 heavy (non-hydrogen) atoms. The summed E-state index contributed by atoms with van der Waals surface area (Å²) in [5.41, 5.74) is 0.435. The highest BCUT2D eigenvalue weighted by atomic mass is 14.9. The average molecular weight is 213 g/mol. The largest absolute Gasteiger partial charge is 0.314 e. The summed E-state index contributed by atoms with van der Waals surface area (Å²) in [6, 6.07) is 0.698. The van der Waals surface area contributed by atoms with Crippen LogP contribution in [0.5, 0.6) is 0 Å². The molecule has 0 bridgehead atoms. The maximum atomic E-state index is 3.62. The van der Waals surface area contributed by atoms with Crippen molar-refractivity contribution in [3.05, 3.63) is 0 Å². The molecule has 92 valence electrons. The number of nitrogens with one attached hydrogen (secondary N) is 1. The summed E-state index contributed by atoms with van der Waals surface area (Å²) < 4.78 is 0. The quantitative estimate of drug-likeness (QED) is 0.701. The molecule has 0 rings (SSSR count). The van der Waals surface area contributed by atoms with E-state index in [-0.39, 0.29) is 0 Å². The Morgan fingerprint density at radius 1 is 1.00 bits per heavy atom. The topological polar surface area (TPSA) is 12.0 Å². The predicted octanol–water partition coefficient (Wildman–Crippen LogP) is 4.08. The first-order chi connectivity index (χ1) is 6.77. The van der Waals surface area contributed by atoms with Gasteiger partial charge in [0.2, 0.25) is 0 Å². The second-order valence-corrected chi connectivity index (χ2v) is 6.39. The standard InChI is InChI=1S/C14H31N/c1-8-15-13(9-11(2)3)10-12(4)14(5,6)7/h11-13,15H,8-10H2,1-7H3. The molecule has 0 radical (unpaired) electrons. The van der Waals surface area contributed by atoms with Gasteiger partial charge in [-0.15, -0.1) is 0 Å². The highest BCUT2D eigenvalue weighted by molar-refractivity contribution is 4.77. The lowest BCUT2D eigenvalue weighted by Gasteiger charge is -2.31. The van der Waals surface area contributed by atoms with Gasteiger partial charge in [0.05, 0.1) is 0 Å². The van der Waals surface area contributed by atoms with Crippen molar-refractivity contribution >= 4 is 0 Å². The van der Waals surface area contributed by atoms with Crippen molar-refractivity contribution in [2.75, 3.05) is 6.54 Å². The fourth-order valence-corrected chi connectivity index (χ4v) is 1.90. The van der Waals surface area contributed by atoms with E-state index in [0.29, 0.717) is 11.5 Å². The fraction of sp³-hybridized carbons (Fsp3) is 1.00. The van der Waals surface area contributed by atoms with Crippen LogP contribution in [0.15, 0.2) is 0 Å². The minimum absolute atomic E-state index is 0.435. The van der Waals surface area contributed by atoms with Crippen molar-refractivity contribution in [1.82, 2.24) is 5.32 Å². The molecular formula is C14H31N. The Morgan fingerprint density at radius 2 is 1.53 bits per heavy atom. The second kappa shape index (κ2) is 6.52. The zero-order valence-corrected chi connectivity index (χ0v) is 11.9. The van der Waals surface area contributed by atoms with Crippen LogP contribution in [0.25, 0.3) is 0 Å². The first kappa shape index (κ1) is 15.0. The molecule has 2 unspecified atom stereocenters. The molecule has 0 amide bonds. The minimum atomic E-state index is 0.435. The summed E-state index contributed by atoms with van der Waals surface area (Å²) in [6.07, 6.45) is 2.60. The van der Waals surface area contributed by atoms with Gasteiger partial charge < -0.3 is 5.32 Å². The minimum Gasteiger partial charge on any atom is -0.314 e. The van der Waals surface area contributed by atoms with Crippen molar-refractivity contribution in [3.63, 3.8) is 0 Å². The summed E-state index contributed by atoms with van der Waals surface area (Å²) >= 11 is 0. The summed E-state index contributed by atoms with van der Waals surface area (Å²) in [5.74, 6) is 1.57. The Bertz CT molecular complexity index is 155. The fourth-order valence-electron chi connectivity index (χ4n) is 1.90. The third kappa shape index (κ3) is 6.94. The van der Waals surface area contributed by atoms with Gasteiger partial charge in [-0.3, -0.25) is 0 Å². The molecule has 0 fully saturated rings. The molecule has 1 heteroatoms. The third-order valence-electron chi connectivity index (χ3n) is 3.37. The van der Waals surface area contributed by atoms with E-state index in [1.807, 2.05) is 0 Å². The molecule has 0 aromatic heterocycles. The Balaban J connectivity index is 4.15. The highest BCUT2D eigenvalue weighted by Crippen LogP contribution is 2.30. The Morgan fingerprint density at radius 3 is 1.87 bits per heavy atom. The van der Waals surface area contributed by atoms with Crippen molar-refractivity contribution in [3.8, 4) is 0 Å². The molecule has 0 aromatic carbocycles. The predicted molar refractivity (Wildman–Crippen MR) is 70.2 cm³/mol. The van der Waals surface area contributed by atoms with E-state index in [2.05, 4.69) is 53.8 Å². The van der Waals surface area contributed by atoms with Gasteiger partial charge in [-0.25, -0.2) is 0 Å². The van der Waals surface area contributed by atoms with Crippen molar-refractivity contribution in [2.45, 2.75) is 67.3 Å². The van der Waals surface area contributed by atoms with Gasteiger partial charge in [0.1, 0.15) is 0 Å². The number of hydrogen-bond donors (Lipinski definition) is 1. The molecule has 0 heterocycles. The van der Waals surface area contributed by atoms with Crippen molar-refractivity contribution in [2.24, 2.45) is 17.3 Å². The summed E-state index contributed by atoms with van der Waals surface area (Å²) in [7, 11) is 0. The van der Waals surface area contributed by atoms with Crippen LogP contribution in [0, 0.1) is 17.3 Å². The van der Waals surface area contributed by atoms with Crippen LogP contribution >= 0.6 is 0 Å². The third-order valence-corrected chi connectivity index (χ3v) is 3.37. The van der Waals surface area contributed by atoms with E-state index >= 15 is 0 Å². The van der Waals surface area contributed by atoms with Gasteiger partial charge in [-0.2, -0.15) is 0 Å². The second-order valence-electron chi connectivity index (χ2n) is 6.39. The zero-order valence-electron chi connectivity index (χ0n) is 11.9. The monoisotopic (exact) mass is 213 g/mol. The Labute approximate surface area is 97.0 Å². The molecule has 0 aliphatic heterocycles. The van der Waals surface area contributed by atoms with Gasteiger partial charge in [0, 0.05) is 6.04 Å². The Hall–Kier alpha value is -0.0400. The van der Waals surface area contributed by atoms with E-state index in [1.165, 1.54) is 12.8 Å². The highest BCUT2D eigenvalue weighted by Gasteiger charge is 2.23. The van der Waals surface area contributed by atoms with E-state index in [0.717, 1.165) is 18.4 Å². The van der Waals surface area contributed by atoms with Crippen LogP contribution in [-0.2, 0) is 0 Å². The lowest BCUT2D eigenvalue weighted by molar-refractivity contribution is 0.214. The first-order valence-corrected chi connectivity index (χ1v) is 6.50. The molecule has 0 aliphatic rings. The molecule has 0 saturated heterocycles. The number of hydrogen-bond acceptors (Lipinski definition) is 1. The van der Waals surface area contributed by atoms with Gasteiger partial charge >= 0.3 is 0 Å². The number of rotatable bonds is 6. The molecule has 0 aliphatic carbocycles. The normalized spacial score (nSPS) is 16.8. The SMILES string of the molecule is CCNC(CC(C)C)CC(C)C(C)(C)C. The van der Waals surface area contributed by atoms with E-state index < -0.39 is 0 Å². The molecule has 1 nitrogen and oxygen atoms in total. The summed E-state index contributed by atoms with van der Waals surface area (Å²) in [4.78, 5) is 0. The van der Waals surface area contributed by atoms with Crippen LogP contribution in [0.4, 0.5) is 0 Å². The van der Waals surface area contributed by atoms with Crippen LogP contribution < -0.4 is 5.32 Å². The van der Waals surface area contributed by atoms with Gasteiger partial charge in [0.25, 0.3) is 0 Å². The lowest BCUT2D eigenvalue weighted by Crippen LogP contribution is -2.34. The molecule has 0 saturated carbocycles. The summed E-state index contributed by atoms with van der Waals surface area (Å²) in [5, 5.41) is 3.62. The maximum Gasteiger partial charge on any atom is 0.00721 e. The van der Waals surface area contributed by atoms with E-state index in [4.69, 9.17) is 0 Å². The van der Waals surface area contributed by atoms with Crippen LogP contribution in [-0.4, -0.2) is 12.6 Å².